The van der Waals surface area contributed by atoms with Gasteiger partial charge in [0.25, 0.3) is 13.4 Å². The van der Waals surface area contributed by atoms with Crippen LogP contribution in [0.15, 0.2) is 0 Å². The fourth-order valence-electron chi connectivity index (χ4n) is 1.89. The lowest BCUT2D eigenvalue weighted by atomic mass is 10.4. The molecule has 0 aromatic heterocycles. The average Bonchev–Trinajstić information content (AvgIpc) is 2.30. The van der Waals surface area contributed by atoms with Crippen LogP contribution in [0.2, 0.25) is 24.2 Å². The third-order valence-corrected chi connectivity index (χ3v) is 12.0. The Bertz CT molecular complexity index is 188. The summed E-state index contributed by atoms with van der Waals surface area (Å²) in [5, 5.41) is 0. The number of rotatable bonds is 11. The summed E-state index contributed by atoms with van der Waals surface area (Å²) in [7, 11) is 0. The van der Waals surface area contributed by atoms with Gasteiger partial charge in [-0.1, -0.05) is 52.4 Å². The molecule has 0 saturated carbocycles. The van der Waals surface area contributed by atoms with E-state index in [0.717, 1.165) is 49.9 Å². The van der Waals surface area contributed by atoms with E-state index in [1.807, 2.05) is 0 Å². The number of hydrogen-bond acceptors (Lipinski definition) is 0. The van der Waals surface area contributed by atoms with Crippen LogP contribution in [0, 0.1) is 0 Å². The Kier molecular flexibility index (Phi) is 11.3. The molecule has 0 nitrogen and oxygen atoms in total. The SMILES string of the molecule is CCCC[Si](Cl)(Cl)CCCC[Si](Cl)(Cl)CCCC. The van der Waals surface area contributed by atoms with Gasteiger partial charge in [-0.25, -0.2) is 0 Å². The maximum absolute atomic E-state index is 6.40. The van der Waals surface area contributed by atoms with Gasteiger partial charge in [-0.3, -0.25) is 0 Å². The van der Waals surface area contributed by atoms with Crippen LogP contribution < -0.4 is 0 Å². The van der Waals surface area contributed by atoms with Gasteiger partial charge in [0.2, 0.25) is 0 Å². The zero-order chi connectivity index (χ0) is 14.1. The lowest BCUT2D eigenvalue weighted by Crippen LogP contribution is -2.20. The lowest BCUT2D eigenvalue weighted by molar-refractivity contribution is 0.829. The van der Waals surface area contributed by atoms with E-state index in [1.165, 1.54) is 12.8 Å². The first-order chi connectivity index (χ1) is 8.33. The molecule has 0 radical (unpaired) electrons. The minimum absolute atomic E-state index is 0.988. The molecule has 0 fully saturated rings. The maximum Gasteiger partial charge on any atom is 0.251 e. The summed E-state index contributed by atoms with van der Waals surface area (Å²) in [5.74, 6) is 0. The van der Waals surface area contributed by atoms with Crippen molar-refractivity contribution < 1.29 is 0 Å². The zero-order valence-electron chi connectivity index (χ0n) is 11.6. The first-order valence-corrected chi connectivity index (χ1v) is 16.0. The summed E-state index contributed by atoms with van der Waals surface area (Å²) < 4.78 is 0. The molecule has 110 valence electrons. The van der Waals surface area contributed by atoms with E-state index in [9.17, 15) is 0 Å². The van der Waals surface area contributed by atoms with Gasteiger partial charge in [0.15, 0.2) is 0 Å². The summed E-state index contributed by atoms with van der Waals surface area (Å²) in [6, 6.07) is 4.02. The Morgan fingerprint density at radius 1 is 0.556 bits per heavy atom. The highest BCUT2D eigenvalue weighted by Gasteiger charge is 2.29. The second-order valence-corrected chi connectivity index (χ2v) is 20.4. The summed E-state index contributed by atoms with van der Waals surface area (Å²) >= 11 is 25.6. The standard InChI is InChI=1S/C12H26Cl4Si2/c1-3-5-9-17(13,14)11-7-8-12-18(15,16)10-6-4-2/h3-12H2,1-2H3. The lowest BCUT2D eigenvalue weighted by Gasteiger charge is -2.18. The van der Waals surface area contributed by atoms with Crippen molar-refractivity contribution >= 4 is 57.7 Å². The van der Waals surface area contributed by atoms with Crippen molar-refractivity contribution in [2.45, 2.75) is 76.5 Å². The minimum atomic E-state index is -1.97. The molecule has 0 saturated heterocycles. The van der Waals surface area contributed by atoms with Gasteiger partial charge >= 0.3 is 0 Å². The van der Waals surface area contributed by atoms with E-state index in [4.69, 9.17) is 44.3 Å². The van der Waals surface area contributed by atoms with Crippen LogP contribution >= 0.6 is 44.3 Å². The van der Waals surface area contributed by atoms with Crippen LogP contribution in [0.1, 0.15) is 52.4 Å². The number of hydrogen-bond donors (Lipinski definition) is 0. The van der Waals surface area contributed by atoms with E-state index in [-0.39, 0.29) is 0 Å². The van der Waals surface area contributed by atoms with E-state index in [0.29, 0.717) is 0 Å². The van der Waals surface area contributed by atoms with Crippen LogP contribution in [0.3, 0.4) is 0 Å². The number of unbranched alkanes of at least 4 members (excludes halogenated alkanes) is 3. The van der Waals surface area contributed by atoms with Crippen molar-refractivity contribution in [1.82, 2.24) is 0 Å². The van der Waals surface area contributed by atoms with Gasteiger partial charge in [0.05, 0.1) is 0 Å². The molecular weight excluding hydrogens is 342 g/mol. The first-order valence-electron chi connectivity index (χ1n) is 7.08. The van der Waals surface area contributed by atoms with Crippen LogP contribution in [-0.2, 0) is 0 Å². The third kappa shape index (κ3) is 11.4. The van der Waals surface area contributed by atoms with Gasteiger partial charge < -0.3 is 0 Å². The zero-order valence-corrected chi connectivity index (χ0v) is 16.6. The van der Waals surface area contributed by atoms with Crippen molar-refractivity contribution in [3.8, 4) is 0 Å². The van der Waals surface area contributed by atoms with E-state index < -0.39 is 13.4 Å². The smallest absolute Gasteiger partial charge is 0.146 e. The fourth-order valence-corrected chi connectivity index (χ4v) is 8.87. The molecule has 0 aliphatic carbocycles. The molecule has 0 aromatic rings. The van der Waals surface area contributed by atoms with E-state index in [1.54, 1.807) is 0 Å². The molecule has 0 heterocycles. The Morgan fingerprint density at radius 3 is 1.11 bits per heavy atom. The van der Waals surface area contributed by atoms with Crippen LogP contribution in [0.4, 0.5) is 0 Å². The number of halogens is 4. The van der Waals surface area contributed by atoms with Crippen molar-refractivity contribution in [2.24, 2.45) is 0 Å². The highest BCUT2D eigenvalue weighted by molar-refractivity contribution is 7.45. The molecule has 0 bridgehead atoms. The average molecular weight is 368 g/mol. The summed E-state index contributed by atoms with van der Waals surface area (Å²) in [5.41, 5.74) is 0. The molecule has 0 aliphatic rings. The Hall–Kier alpha value is 1.59. The van der Waals surface area contributed by atoms with Gasteiger partial charge in [0, 0.05) is 0 Å². The normalized spacial score (nSPS) is 13.0. The topological polar surface area (TPSA) is 0 Å². The monoisotopic (exact) mass is 366 g/mol. The Labute approximate surface area is 134 Å². The highest BCUT2D eigenvalue weighted by atomic mass is 35.7. The Balaban J connectivity index is 3.71. The van der Waals surface area contributed by atoms with Crippen LogP contribution in [0.5, 0.6) is 0 Å². The Morgan fingerprint density at radius 2 is 0.833 bits per heavy atom. The van der Waals surface area contributed by atoms with Crippen molar-refractivity contribution in [2.75, 3.05) is 0 Å². The largest absolute Gasteiger partial charge is 0.251 e. The van der Waals surface area contributed by atoms with E-state index >= 15 is 0 Å². The van der Waals surface area contributed by atoms with Gasteiger partial charge in [-0.15, -0.1) is 44.3 Å². The van der Waals surface area contributed by atoms with Crippen LogP contribution in [-0.4, -0.2) is 13.4 Å². The second kappa shape index (κ2) is 10.3. The van der Waals surface area contributed by atoms with Gasteiger partial charge in [-0.2, -0.15) is 0 Å². The predicted molar refractivity (Wildman–Crippen MR) is 93.2 cm³/mol. The van der Waals surface area contributed by atoms with Gasteiger partial charge in [-0.05, 0) is 24.2 Å². The summed E-state index contributed by atoms with van der Waals surface area (Å²) in [6.45, 7) is 0.402. The van der Waals surface area contributed by atoms with Crippen molar-refractivity contribution in [1.29, 1.82) is 0 Å². The first kappa shape index (κ1) is 19.6. The van der Waals surface area contributed by atoms with Gasteiger partial charge in [0.1, 0.15) is 0 Å². The quantitative estimate of drug-likeness (QED) is 0.205. The van der Waals surface area contributed by atoms with Crippen molar-refractivity contribution in [3.05, 3.63) is 0 Å². The molecule has 0 aliphatic heterocycles. The molecule has 0 spiro atoms. The fraction of sp³-hybridized carbons (Fsp3) is 1.00. The molecule has 6 heteroatoms. The molecule has 18 heavy (non-hydrogen) atoms. The predicted octanol–water partition coefficient (Wildman–Crippen LogP) is 7.21. The second-order valence-electron chi connectivity index (χ2n) is 5.13. The molecule has 0 atom stereocenters. The molecule has 0 aromatic carbocycles. The maximum atomic E-state index is 6.40. The van der Waals surface area contributed by atoms with E-state index in [2.05, 4.69) is 13.8 Å². The molecule has 0 N–H and O–H groups in total. The summed E-state index contributed by atoms with van der Waals surface area (Å²) in [4.78, 5) is 0. The highest BCUT2D eigenvalue weighted by Crippen LogP contribution is 2.33. The van der Waals surface area contributed by atoms with Crippen LogP contribution in [0.25, 0.3) is 0 Å². The third-order valence-electron chi connectivity index (χ3n) is 3.13. The minimum Gasteiger partial charge on any atom is -0.146 e. The molecular formula is C12H26Cl4Si2. The molecule has 0 amide bonds. The van der Waals surface area contributed by atoms with Crippen molar-refractivity contribution in [3.63, 3.8) is 0 Å². The summed E-state index contributed by atoms with van der Waals surface area (Å²) in [6.07, 6.45) is 6.82. The molecule has 0 rings (SSSR count). The molecule has 0 unspecified atom stereocenters.